The lowest BCUT2D eigenvalue weighted by Crippen LogP contribution is -2.23. The zero-order chi connectivity index (χ0) is 22.5. The van der Waals surface area contributed by atoms with Crippen LogP contribution >= 0.6 is 0 Å². The van der Waals surface area contributed by atoms with E-state index < -0.39 is 0 Å². The Morgan fingerprint density at radius 1 is 0.667 bits per heavy atom. The molecule has 176 valence electrons. The molecule has 0 unspecified atom stereocenters. The molecule has 0 N–H and O–H groups in total. The van der Waals surface area contributed by atoms with Gasteiger partial charge >= 0.3 is 0 Å². The van der Waals surface area contributed by atoms with Gasteiger partial charge in [-0.3, -0.25) is 9.78 Å². The summed E-state index contributed by atoms with van der Waals surface area (Å²) in [4.78, 5) is 18.2. The highest BCUT2D eigenvalue weighted by atomic mass is 16.1. The lowest BCUT2D eigenvalue weighted by molar-refractivity contribution is -0.123. The Balaban J connectivity index is 1.29. The number of Topliss-reactive ketones (excluding diaryl/α,β-unsaturated/α-hetero) is 1. The van der Waals surface area contributed by atoms with E-state index in [0.717, 1.165) is 31.2 Å². The van der Waals surface area contributed by atoms with Crippen molar-refractivity contribution in [3.8, 4) is 0 Å². The van der Waals surface area contributed by atoms with Crippen molar-refractivity contribution in [2.24, 2.45) is 5.92 Å². The van der Waals surface area contributed by atoms with Gasteiger partial charge < -0.3 is 0 Å². The van der Waals surface area contributed by atoms with Crippen LogP contribution < -0.4 is 0 Å². The fourth-order valence-corrected chi connectivity index (χ4v) is 6.74. The molecule has 33 heavy (non-hydrogen) atoms. The fraction of sp³-hybridized carbons (Fsp3) is 0.613. The molecule has 0 bridgehead atoms. The molecule has 0 radical (unpaired) electrons. The average Bonchev–Trinajstić information content (AvgIpc) is 3.27. The summed E-state index contributed by atoms with van der Waals surface area (Å²) in [6.45, 7) is 0. The first kappa shape index (κ1) is 22.8. The van der Waals surface area contributed by atoms with Gasteiger partial charge in [0.05, 0.1) is 0 Å². The molecule has 0 aliphatic heterocycles. The summed E-state index contributed by atoms with van der Waals surface area (Å²) >= 11 is 0. The van der Waals surface area contributed by atoms with Crippen LogP contribution in [0.3, 0.4) is 0 Å². The minimum Gasteiger partial charge on any atom is -0.299 e. The van der Waals surface area contributed by atoms with Gasteiger partial charge in [-0.25, -0.2) is 0 Å². The van der Waals surface area contributed by atoms with Crippen molar-refractivity contribution in [1.82, 2.24) is 4.98 Å². The molecule has 3 saturated carbocycles. The van der Waals surface area contributed by atoms with E-state index in [1.54, 1.807) is 5.56 Å². The second-order valence-corrected chi connectivity index (χ2v) is 11.1. The van der Waals surface area contributed by atoms with Gasteiger partial charge in [-0.1, -0.05) is 68.9 Å². The van der Waals surface area contributed by atoms with E-state index in [0.29, 0.717) is 30.0 Å². The Morgan fingerprint density at radius 3 is 1.79 bits per heavy atom. The molecular weight excluding hydrogens is 402 g/mol. The predicted octanol–water partition coefficient (Wildman–Crippen LogP) is 8.26. The maximum Gasteiger partial charge on any atom is 0.140 e. The number of ketones is 1. The maximum atomic E-state index is 12.9. The molecule has 3 aliphatic carbocycles. The number of carbonyl (C=O) groups is 1. The number of pyridine rings is 1. The number of rotatable bonds is 6. The van der Waals surface area contributed by atoms with E-state index in [1.807, 2.05) is 18.2 Å². The quantitative estimate of drug-likeness (QED) is 0.421. The Bertz CT molecular complexity index is 898. The molecule has 0 amide bonds. The third kappa shape index (κ3) is 5.76. The minimum absolute atomic E-state index is 0.249. The first-order chi connectivity index (χ1) is 16.3. The highest BCUT2D eigenvalue weighted by Crippen LogP contribution is 2.41. The molecule has 1 aromatic carbocycles. The summed E-state index contributed by atoms with van der Waals surface area (Å²) in [5, 5.41) is 0. The van der Waals surface area contributed by atoms with Crippen LogP contribution in [0.25, 0.3) is 0 Å². The van der Waals surface area contributed by atoms with Gasteiger partial charge in [-0.15, -0.1) is 0 Å². The molecule has 2 aromatic rings. The number of aromatic nitrogens is 1. The monoisotopic (exact) mass is 443 g/mol. The van der Waals surface area contributed by atoms with Gasteiger partial charge in [0, 0.05) is 35.6 Å². The van der Waals surface area contributed by atoms with Crippen LogP contribution in [0, 0.1) is 5.92 Å². The Kier molecular flexibility index (Phi) is 7.59. The molecule has 2 nitrogen and oxygen atoms in total. The van der Waals surface area contributed by atoms with Crippen LogP contribution in [-0.2, 0) is 11.2 Å². The maximum absolute atomic E-state index is 12.9. The van der Waals surface area contributed by atoms with Crippen LogP contribution in [0.15, 0.2) is 42.5 Å². The van der Waals surface area contributed by atoms with Gasteiger partial charge in [-0.05, 0) is 80.5 Å². The standard InChI is InChI=1S/C31H41NO/c33-31(20-23-10-4-3-5-11-23)27-18-16-24(17-19-27)28-21-29(25-12-6-1-2-7-13-25)32-30(22-28)26-14-8-9-15-26/h3-5,10-11,21-22,24-27H,1-2,6-9,12-20H2. The molecule has 0 spiro atoms. The summed E-state index contributed by atoms with van der Waals surface area (Å²) in [6.07, 6.45) is 18.6. The number of carbonyl (C=O) groups excluding carboxylic acids is 1. The van der Waals surface area contributed by atoms with Crippen LogP contribution in [0.2, 0.25) is 0 Å². The van der Waals surface area contributed by atoms with Crippen molar-refractivity contribution in [1.29, 1.82) is 0 Å². The number of hydrogen-bond acceptors (Lipinski definition) is 2. The second kappa shape index (κ2) is 11.0. The van der Waals surface area contributed by atoms with E-state index in [1.165, 1.54) is 75.6 Å². The Morgan fingerprint density at radius 2 is 1.21 bits per heavy atom. The largest absolute Gasteiger partial charge is 0.299 e. The molecular formula is C31H41NO. The molecule has 3 aliphatic rings. The Labute approximate surface area is 200 Å². The fourth-order valence-electron chi connectivity index (χ4n) is 6.74. The van der Waals surface area contributed by atoms with Gasteiger partial charge in [0.2, 0.25) is 0 Å². The van der Waals surface area contributed by atoms with Crippen LogP contribution in [0.4, 0.5) is 0 Å². The van der Waals surface area contributed by atoms with E-state index in [9.17, 15) is 4.79 Å². The summed E-state index contributed by atoms with van der Waals surface area (Å²) in [5.74, 6) is 2.65. The molecule has 1 heterocycles. The van der Waals surface area contributed by atoms with Crippen LogP contribution in [0.5, 0.6) is 0 Å². The topological polar surface area (TPSA) is 30.0 Å². The number of benzene rings is 1. The lowest BCUT2D eigenvalue weighted by atomic mass is 9.75. The van der Waals surface area contributed by atoms with Crippen LogP contribution in [0.1, 0.15) is 130 Å². The van der Waals surface area contributed by atoms with Crippen LogP contribution in [-0.4, -0.2) is 10.8 Å². The van der Waals surface area contributed by atoms with Gasteiger partial charge in [0.25, 0.3) is 0 Å². The summed E-state index contributed by atoms with van der Waals surface area (Å²) in [7, 11) is 0. The van der Waals surface area contributed by atoms with Crippen molar-refractivity contribution in [3.05, 3.63) is 65.0 Å². The highest BCUT2D eigenvalue weighted by Gasteiger charge is 2.29. The molecule has 2 heteroatoms. The van der Waals surface area contributed by atoms with Crippen molar-refractivity contribution < 1.29 is 4.79 Å². The molecule has 0 saturated heterocycles. The Hall–Kier alpha value is -1.96. The third-order valence-corrected chi connectivity index (χ3v) is 8.81. The second-order valence-electron chi connectivity index (χ2n) is 11.1. The van der Waals surface area contributed by atoms with E-state index in [-0.39, 0.29) is 5.92 Å². The third-order valence-electron chi connectivity index (χ3n) is 8.81. The summed E-state index contributed by atoms with van der Waals surface area (Å²) < 4.78 is 0. The summed E-state index contributed by atoms with van der Waals surface area (Å²) in [5.41, 5.74) is 5.50. The van der Waals surface area contributed by atoms with Crippen molar-refractivity contribution in [3.63, 3.8) is 0 Å². The van der Waals surface area contributed by atoms with Gasteiger partial charge in [0.15, 0.2) is 0 Å². The molecule has 3 fully saturated rings. The van der Waals surface area contributed by atoms with E-state index >= 15 is 0 Å². The molecule has 1 aromatic heterocycles. The van der Waals surface area contributed by atoms with Gasteiger partial charge in [0.1, 0.15) is 5.78 Å². The SMILES string of the molecule is O=C(Cc1ccccc1)C1CCC(c2cc(C3CCCCCC3)nc(C3CCCC3)c2)CC1. The number of nitrogens with zero attached hydrogens (tertiary/aromatic N) is 1. The molecule has 5 rings (SSSR count). The first-order valence-electron chi connectivity index (χ1n) is 13.8. The summed E-state index contributed by atoms with van der Waals surface area (Å²) in [6, 6.07) is 15.2. The van der Waals surface area contributed by atoms with E-state index in [4.69, 9.17) is 4.98 Å². The van der Waals surface area contributed by atoms with Crippen molar-refractivity contribution in [2.75, 3.05) is 0 Å². The smallest absolute Gasteiger partial charge is 0.140 e. The zero-order valence-electron chi connectivity index (χ0n) is 20.3. The average molecular weight is 444 g/mol. The lowest BCUT2D eigenvalue weighted by Gasteiger charge is -2.29. The first-order valence-corrected chi connectivity index (χ1v) is 13.8. The zero-order valence-corrected chi connectivity index (χ0v) is 20.3. The van der Waals surface area contributed by atoms with Crippen molar-refractivity contribution in [2.45, 2.75) is 114 Å². The predicted molar refractivity (Wildman–Crippen MR) is 136 cm³/mol. The molecule has 0 atom stereocenters. The van der Waals surface area contributed by atoms with E-state index in [2.05, 4.69) is 24.3 Å². The number of hydrogen-bond donors (Lipinski definition) is 0. The highest BCUT2D eigenvalue weighted by molar-refractivity contribution is 5.83. The minimum atomic E-state index is 0.249. The van der Waals surface area contributed by atoms with Gasteiger partial charge in [-0.2, -0.15) is 0 Å². The van der Waals surface area contributed by atoms with Crippen molar-refractivity contribution >= 4 is 5.78 Å². The normalized spacial score (nSPS) is 25.1.